The summed E-state index contributed by atoms with van der Waals surface area (Å²) in [6.07, 6.45) is -2.04. The van der Waals surface area contributed by atoms with Gasteiger partial charge in [0.1, 0.15) is 11.3 Å². The van der Waals surface area contributed by atoms with Gasteiger partial charge in [0.15, 0.2) is 5.92 Å². The van der Waals surface area contributed by atoms with E-state index in [4.69, 9.17) is 14.3 Å². The SMILES string of the molecule is CCOC(=O)[C@H]1C(c2ccccc2)=NO[C@@H]1C(=O)N1CC(C)(C)OC1=O. The molecule has 1 aromatic carbocycles. The van der Waals surface area contributed by atoms with Gasteiger partial charge in [-0.3, -0.25) is 9.59 Å². The number of imide groups is 1. The predicted molar refractivity (Wildman–Crippen MR) is 90.2 cm³/mol. The van der Waals surface area contributed by atoms with Crippen molar-refractivity contribution in [2.45, 2.75) is 32.5 Å². The van der Waals surface area contributed by atoms with Crippen LogP contribution in [0, 0.1) is 5.92 Å². The highest BCUT2D eigenvalue weighted by atomic mass is 16.7. The van der Waals surface area contributed by atoms with E-state index in [0.717, 1.165) is 4.90 Å². The Hall–Kier alpha value is -2.90. The molecule has 1 saturated heterocycles. The van der Waals surface area contributed by atoms with Gasteiger partial charge in [-0.1, -0.05) is 35.5 Å². The van der Waals surface area contributed by atoms with Crippen LogP contribution in [0.2, 0.25) is 0 Å². The Labute approximate surface area is 150 Å². The Morgan fingerprint density at radius 3 is 2.58 bits per heavy atom. The van der Waals surface area contributed by atoms with Crippen LogP contribution in [0.4, 0.5) is 4.79 Å². The summed E-state index contributed by atoms with van der Waals surface area (Å²) in [4.78, 5) is 43.6. The van der Waals surface area contributed by atoms with Crippen LogP contribution >= 0.6 is 0 Å². The number of ether oxygens (including phenoxy) is 2. The topological polar surface area (TPSA) is 94.5 Å². The molecule has 0 bridgehead atoms. The van der Waals surface area contributed by atoms with Crippen LogP contribution in [0.1, 0.15) is 26.3 Å². The first-order valence-corrected chi connectivity index (χ1v) is 8.34. The third-order valence-electron chi connectivity index (χ3n) is 4.10. The quantitative estimate of drug-likeness (QED) is 0.759. The third kappa shape index (κ3) is 3.26. The van der Waals surface area contributed by atoms with E-state index < -0.39 is 35.6 Å². The van der Waals surface area contributed by atoms with Crippen molar-refractivity contribution < 1.29 is 28.7 Å². The summed E-state index contributed by atoms with van der Waals surface area (Å²) in [7, 11) is 0. The maximum Gasteiger partial charge on any atom is 0.417 e. The van der Waals surface area contributed by atoms with Crippen LogP contribution in [-0.2, 0) is 23.9 Å². The number of nitrogens with zero attached hydrogens (tertiary/aromatic N) is 2. The van der Waals surface area contributed by atoms with E-state index in [2.05, 4.69) is 5.16 Å². The molecule has 3 rings (SSSR count). The predicted octanol–water partition coefficient (Wildman–Crippen LogP) is 1.73. The average molecular weight is 360 g/mol. The second-order valence-electron chi connectivity index (χ2n) is 6.65. The fraction of sp³-hybridized carbons (Fsp3) is 0.444. The van der Waals surface area contributed by atoms with Crippen LogP contribution in [0.15, 0.2) is 35.5 Å². The van der Waals surface area contributed by atoms with Crippen LogP contribution in [0.25, 0.3) is 0 Å². The number of cyclic esters (lactones) is 1. The van der Waals surface area contributed by atoms with E-state index >= 15 is 0 Å². The molecule has 1 fully saturated rings. The number of amides is 2. The standard InChI is InChI=1S/C18H20N2O6/c1-4-24-16(22)12-13(11-8-6-5-7-9-11)19-26-14(12)15(21)20-10-18(2,3)25-17(20)23/h5-9,12,14H,4,10H2,1-3H3/t12-,14-/m0/s1. The van der Waals surface area contributed by atoms with Crippen molar-refractivity contribution in [2.75, 3.05) is 13.2 Å². The molecule has 8 heteroatoms. The first kappa shape index (κ1) is 17.9. The van der Waals surface area contributed by atoms with Gasteiger partial charge >= 0.3 is 12.1 Å². The van der Waals surface area contributed by atoms with Crippen molar-refractivity contribution in [1.29, 1.82) is 0 Å². The maximum absolute atomic E-state index is 12.9. The molecule has 2 atom stereocenters. The zero-order valence-electron chi connectivity index (χ0n) is 14.8. The van der Waals surface area contributed by atoms with Gasteiger partial charge in [0.25, 0.3) is 5.91 Å². The average Bonchev–Trinajstić information content (AvgIpc) is 3.15. The Morgan fingerprint density at radius 2 is 2.00 bits per heavy atom. The number of carbonyl (C=O) groups is 3. The largest absolute Gasteiger partial charge is 0.465 e. The first-order valence-electron chi connectivity index (χ1n) is 8.34. The van der Waals surface area contributed by atoms with Gasteiger partial charge in [-0.2, -0.15) is 0 Å². The van der Waals surface area contributed by atoms with Gasteiger partial charge in [0.2, 0.25) is 6.10 Å². The van der Waals surface area contributed by atoms with Gasteiger partial charge < -0.3 is 14.3 Å². The van der Waals surface area contributed by atoms with Gasteiger partial charge in [-0.25, -0.2) is 9.69 Å². The van der Waals surface area contributed by atoms with Crippen LogP contribution in [0.3, 0.4) is 0 Å². The second kappa shape index (κ2) is 6.78. The summed E-state index contributed by atoms with van der Waals surface area (Å²) in [6, 6.07) is 8.92. The minimum Gasteiger partial charge on any atom is -0.465 e. The lowest BCUT2D eigenvalue weighted by Gasteiger charge is -2.20. The first-order chi connectivity index (χ1) is 12.3. The summed E-state index contributed by atoms with van der Waals surface area (Å²) >= 11 is 0. The number of hydrogen-bond donors (Lipinski definition) is 0. The highest BCUT2D eigenvalue weighted by Gasteiger charge is 2.51. The summed E-state index contributed by atoms with van der Waals surface area (Å²) in [6.45, 7) is 5.28. The van der Waals surface area contributed by atoms with E-state index in [1.807, 2.05) is 6.07 Å². The Morgan fingerprint density at radius 1 is 1.31 bits per heavy atom. The van der Waals surface area contributed by atoms with E-state index in [1.165, 1.54) is 0 Å². The molecule has 0 spiro atoms. The summed E-state index contributed by atoms with van der Waals surface area (Å²) in [5, 5.41) is 3.94. The molecular formula is C18H20N2O6. The number of carbonyl (C=O) groups excluding carboxylic acids is 3. The lowest BCUT2D eigenvalue weighted by molar-refractivity contribution is -0.155. The van der Waals surface area contributed by atoms with Gasteiger partial charge in [0, 0.05) is 5.56 Å². The fourth-order valence-electron chi connectivity index (χ4n) is 2.96. The molecule has 8 nitrogen and oxygen atoms in total. The molecule has 2 heterocycles. The summed E-state index contributed by atoms with van der Waals surface area (Å²) < 4.78 is 10.3. The van der Waals surface area contributed by atoms with Crippen molar-refractivity contribution in [1.82, 2.24) is 4.90 Å². The molecule has 0 aliphatic carbocycles. The van der Waals surface area contributed by atoms with Crippen LogP contribution in [0.5, 0.6) is 0 Å². The van der Waals surface area contributed by atoms with Crippen molar-refractivity contribution >= 4 is 23.7 Å². The molecule has 2 amide bonds. The number of hydrogen-bond acceptors (Lipinski definition) is 7. The van der Waals surface area contributed by atoms with Crippen LogP contribution in [-0.4, -0.2) is 53.4 Å². The molecular weight excluding hydrogens is 340 g/mol. The summed E-state index contributed by atoms with van der Waals surface area (Å²) in [5.74, 6) is -2.35. The lowest BCUT2D eigenvalue weighted by atomic mass is 9.91. The minimum absolute atomic E-state index is 0.0702. The van der Waals surface area contributed by atoms with E-state index in [9.17, 15) is 14.4 Å². The summed E-state index contributed by atoms with van der Waals surface area (Å²) in [5.41, 5.74) is 0.146. The van der Waals surface area contributed by atoms with E-state index in [1.54, 1.807) is 45.0 Å². The molecule has 0 saturated carbocycles. The highest BCUT2D eigenvalue weighted by Crippen LogP contribution is 2.29. The Kier molecular flexibility index (Phi) is 4.67. The van der Waals surface area contributed by atoms with Gasteiger partial charge in [-0.15, -0.1) is 0 Å². The molecule has 2 aliphatic rings. The molecule has 1 aromatic rings. The zero-order valence-corrected chi connectivity index (χ0v) is 14.8. The highest BCUT2D eigenvalue weighted by molar-refractivity contribution is 6.16. The van der Waals surface area contributed by atoms with Crippen molar-refractivity contribution in [3.05, 3.63) is 35.9 Å². The van der Waals surface area contributed by atoms with Crippen molar-refractivity contribution in [2.24, 2.45) is 11.1 Å². The molecule has 2 aliphatic heterocycles. The Balaban J connectivity index is 1.88. The second-order valence-corrected chi connectivity index (χ2v) is 6.65. The van der Waals surface area contributed by atoms with E-state index in [0.29, 0.717) is 11.3 Å². The number of benzene rings is 1. The van der Waals surface area contributed by atoms with Gasteiger partial charge in [0.05, 0.1) is 13.2 Å². The monoisotopic (exact) mass is 360 g/mol. The third-order valence-corrected chi connectivity index (χ3v) is 4.10. The molecule has 0 unspecified atom stereocenters. The van der Waals surface area contributed by atoms with Crippen molar-refractivity contribution in [3.8, 4) is 0 Å². The normalized spacial score (nSPS) is 23.9. The fourth-order valence-corrected chi connectivity index (χ4v) is 2.96. The number of oxime groups is 1. The van der Waals surface area contributed by atoms with Crippen LogP contribution < -0.4 is 0 Å². The smallest absolute Gasteiger partial charge is 0.417 e. The molecule has 138 valence electrons. The molecule has 0 aromatic heterocycles. The number of rotatable bonds is 4. The molecule has 26 heavy (non-hydrogen) atoms. The molecule has 0 N–H and O–H groups in total. The zero-order chi connectivity index (χ0) is 18.9. The lowest BCUT2D eigenvalue weighted by Crippen LogP contribution is -2.47. The van der Waals surface area contributed by atoms with Crippen molar-refractivity contribution in [3.63, 3.8) is 0 Å². The maximum atomic E-state index is 12.9. The minimum atomic E-state index is -1.27. The molecule has 0 radical (unpaired) electrons. The Bertz CT molecular complexity index is 758. The number of esters is 1. The van der Waals surface area contributed by atoms with Gasteiger partial charge in [-0.05, 0) is 20.8 Å². The van der Waals surface area contributed by atoms with E-state index in [-0.39, 0.29) is 13.2 Å².